The second-order valence-electron chi connectivity index (χ2n) is 5.98. The third kappa shape index (κ3) is 2.75. The van der Waals surface area contributed by atoms with Crippen molar-refractivity contribution in [3.05, 3.63) is 47.5 Å². The number of nitrogens with one attached hydrogen (secondary N) is 1. The van der Waals surface area contributed by atoms with Crippen LogP contribution in [0.1, 0.15) is 36.7 Å². The fraction of sp³-hybridized carbons (Fsp3) is 0.500. The minimum absolute atomic E-state index is 0.594. The Labute approximate surface area is 120 Å². The van der Waals surface area contributed by atoms with E-state index in [-0.39, 0.29) is 0 Å². The third-order valence-corrected chi connectivity index (χ3v) is 3.89. The highest BCUT2D eigenvalue weighted by Gasteiger charge is 2.26. The summed E-state index contributed by atoms with van der Waals surface area (Å²) in [6, 6.07) is 8.69. The van der Waals surface area contributed by atoms with Crippen LogP contribution in [0.2, 0.25) is 0 Å². The van der Waals surface area contributed by atoms with Crippen molar-refractivity contribution < 1.29 is 0 Å². The van der Waals surface area contributed by atoms with Crippen LogP contribution in [0.15, 0.2) is 30.6 Å². The number of hydrogen-bond donors (Lipinski definition) is 1. The van der Waals surface area contributed by atoms with Crippen molar-refractivity contribution in [2.45, 2.75) is 39.3 Å². The molecule has 4 heteroatoms. The summed E-state index contributed by atoms with van der Waals surface area (Å²) in [4.78, 5) is 4.37. The summed E-state index contributed by atoms with van der Waals surface area (Å²) in [7, 11) is 0. The number of rotatable bonds is 6. The molecule has 1 unspecified atom stereocenters. The van der Waals surface area contributed by atoms with E-state index in [1.807, 2.05) is 4.68 Å². The van der Waals surface area contributed by atoms with Crippen LogP contribution in [0, 0.1) is 5.92 Å². The first kappa shape index (κ1) is 13.3. The minimum Gasteiger partial charge on any atom is -0.310 e. The van der Waals surface area contributed by atoms with Gasteiger partial charge in [-0.25, -0.2) is 9.67 Å². The Kier molecular flexibility index (Phi) is 3.83. The van der Waals surface area contributed by atoms with Crippen molar-refractivity contribution in [1.29, 1.82) is 0 Å². The quantitative estimate of drug-likeness (QED) is 0.876. The summed E-state index contributed by atoms with van der Waals surface area (Å²) in [5.74, 6) is 2.29. The largest absolute Gasteiger partial charge is 0.310 e. The predicted molar refractivity (Wildman–Crippen MR) is 79.5 cm³/mol. The zero-order valence-electron chi connectivity index (χ0n) is 12.2. The highest BCUT2D eigenvalue weighted by atomic mass is 15.3. The molecule has 0 aliphatic heterocycles. The fourth-order valence-corrected chi connectivity index (χ4v) is 2.78. The Morgan fingerprint density at radius 1 is 1.35 bits per heavy atom. The number of hydrogen-bond acceptors (Lipinski definition) is 3. The zero-order chi connectivity index (χ0) is 13.9. The molecule has 106 valence electrons. The van der Waals surface area contributed by atoms with E-state index in [1.165, 1.54) is 11.1 Å². The summed E-state index contributed by atoms with van der Waals surface area (Å²) < 4.78 is 2.05. The van der Waals surface area contributed by atoms with Gasteiger partial charge in [0.1, 0.15) is 12.2 Å². The number of benzene rings is 1. The second-order valence-corrected chi connectivity index (χ2v) is 5.98. The lowest BCUT2D eigenvalue weighted by molar-refractivity contribution is 0.447. The van der Waals surface area contributed by atoms with E-state index in [0.29, 0.717) is 11.8 Å². The maximum Gasteiger partial charge on any atom is 0.140 e. The lowest BCUT2D eigenvalue weighted by atomic mass is 9.78. The summed E-state index contributed by atoms with van der Waals surface area (Å²) in [5.41, 5.74) is 2.96. The second kappa shape index (κ2) is 5.75. The minimum atomic E-state index is 0.594. The van der Waals surface area contributed by atoms with Crippen LogP contribution in [-0.2, 0) is 19.5 Å². The summed E-state index contributed by atoms with van der Waals surface area (Å²) in [5, 5.41) is 7.81. The molecule has 0 bridgehead atoms. The lowest BCUT2D eigenvalue weighted by Crippen LogP contribution is -2.26. The van der Waals surface area contributed by atoms with E-state index < -0.39 is 0 Å². The zero-order valence-corrected chi connectivity index (χ0v) is 12.2. The van der Waals surface area contributed by atoms with Crippen molar-refractivity contribution in [3.63, 3.8) is 0 Å². The Hall–Kier alpha value is -1.68. The smallest absolute Gasteiger partial charge is 0.140 e. The Balaban J connectivity index is 1.61. The van der Waals surface area contributed by atoms with Gasteiger partial charge in [-0.3, -0.25) is 0 Å². The van der Waals surface area contributed by atoms with Gasteiger partial charge in [0.05, 0.1) is 13.1 Å². The van der Waals surface area contributed by atoms with E-state index in [1.54, 1.807) is 6.33 Å². The van der Waals surface area contributed by atoms with E-state index in [0.717, 1.165) is 31.9 Å². The number of nitrogens with zero attached hydrogens (tertiary/aromatic N) is 3. The van der Waals surface area contributed by atoms with Gasteiger partial charge in [0.15, 0.2) is 0 Å². The van der Waals surface area contributed by atoms with Gasteiger partial charge in [-0.1, -0.05) is 38.1 Å². The monoisotopic (exact) mass is 270 g/mol. The van der Waals surface area contributed by atoms with Crippen molar-refractivity contribution in [2.75, 3.05) is 6.54 Å². The van der Waals surface area contributed by atoms with E-state index in [9.17, 15) is 0 Å². The topological polar surface area (TPSA) is 42.7 Å². The predicted octanol–water partition coefficient (Wildman–Crippen LogP) is 2.36. The molecule has 0 amide bonds. The van der Waals surface area contributed by atoms with Crippen molar-refractivity contribution in [3.8, 4) is 0 Å². The van der Waals surface area contributed by atoms with Crippen LogP contribution in [0.25, 0.3) is 0 Å². The van der Waals surface area contributed by atoms with E-state index in [2.05, 4.69) is 53.5 Å². The molecule has 1 aromatic carbocycles. The van der Waals surface area contributed by atoms with Crippen LogP contribution in [0.4, 0.5) is 0 Å². The molecule has 1 aromatic heterocycles. The summed E-state index contributed by atoms with van der Waals surface area (Å²) in [6.45, 7) is 7.17. The van der Waals surface area contributed by atoms with Crippen LogP contribution in [0.5, 0.6) is 0 Å². The summed E-state index contributed by atoms with van der Waals surface area (Å²) >= 11 is 0. The maximum absolute atomic E-state index is 4.37. The molecule has 1 aliphatic rings. The lowest BCUT2D eigenvalue weighted by Gasteiger charge is -2.30. The van der Waals surface area contributed by atoms with Crippen molar-refractivity contribution in [1.82, 2.24) is 20.1 Å². The molecule has 0 radical (unpaired) electrons. The van der Waals surface area contributed by atoms with Gasteiger partial charge in [-0.15, -0.1) is 0 Å². The number of fused-ring (bicyclic) bond motifs is 1. The third-order valence-electron chi connectivity index (χ3n) is 3.89. The molecule has 20 heavy (non-hydrogen) atoms. The highest BCUT2D eigenvalue weighted by molar-refractivity contribution is 5.39. The molecular formula is C16H22N4. The van der Waals surface area contributed by atoms with Gasteiger partial charge >= 0.3 is 0 Å². The average molecular weight is 270 g/mol. The van der Waals surface area contributed by atoms with Crippen LogP contribution >= 0.6 is 0 Å². The molecular weight excluding hydrogens is 248 g/mol. The fourth-order valence-electron chi connectivity index (χ4n) is 2.78. The molecule has 1 atom stereocenters. The summed E-state index contributed by atoms with van der Waals surface area (Å²) in [6.07, 6.45) is 2.83. The number of aromatic nitrogens is 3. The Morgan fingerprint density at radius 3 is 3.00 bits per heavy atom. The Morgan fingerprint density at radius 2 is 2.20 bits per heavy atom. The first-order chi connectivity index (χ1) is 9.74. The van der Waals surface area contributed by atoms with E-state index in [4.69, 9.17) is 0 Å². The molecule has 1 N–H and O–H groups in total. The Bertz CT molecular complexity index is 573. The SMILES string of the molecule is CC(C)CNCc1ncnn1CC1Cc2ccccc21. The molecule has 0 spiro atoms. The molecule has 3 rings (SSSR count). The van der Waals surface area contributed by atoms with Crippen LogP contribution < -0.4 is 5.32 Å². The molecule has 1 aliphatic carbocycles. The average Bonchev–Trinajstić information content (AvgIpc) is 2.83. The molecule has 0 fully saturated rings. The van der Waals surface area contributed by atoms with Crippen molar-refractivity contribution in [2.24, 2.45) is 5.92 Å². The molecule has 4 nitrogen and oxygen atoms in total. The first-order valence-corrected chi connectivity index (χ1v) is 7.39. The normalized spacial score (nSPS) is 17.1. The molecule has 1 heterocycles. The molecule has 0 saturated heterocycles. The maximum atomic E-state index is 4.37. The standard InChI is InChI=1S/C16H22N4/c1-12(2)8-17-9-16-18-11-19-20(16)10-14-7-13-5-3-4-6-15(13)14/h3-6,11-12,14,17H,7-10H2,1-2H3. The first-order valence-electron chi connectivity index (χ1n) is 7.39. The van der Waals surface area contributed by atoms with E-state index >= 15 is 0 Å². The highest BCUT2D eigenvalue weighted by Crippen LogP contribution is 2.35. The molecule has 0 saturated carbocycles. The van der Waals surface area contributed by atoms with Gasteiger partial charge in [0, 0.05) is 5.92 Å². The van der Waals surface area contributed by atoms with Gasteiger partial charge in [0.25, 0.3) is 0 Å². The van der Waals surface area contributed by atoms with Crippen LogP contribution in [0.3, 0.4) is 0 Å². The van der Waals surface area contributed by atoms with Gasteiger partial charge in [0.2, 0.25) is 0 Å². The van der Waals surface area contributed by atoms with Gasteiger partial charge in [-0.2, -0.15) is 5.10 Å². The van der Waals surface area contributed by atoms with Crippen LogP contribution in [-0.4, -0.2) is 21.3 Å². The molecule has 2 aromatic rings. The van der Waals surface area contributed by atoms with Crippen molar-refractivity contribution >= 4 is 0 Å². The van der Waals surface area contributed by atoms with Gasteiger partial charge in [-0.05, 0) is 30.0 Å². The van der Waals surface area contributed by atoms with Gasteiger partial charge < -0.3 is 5.32 Å².